The van der Waals surface area contributed by atoms with Crippen molar-refractivity contribution in [1.29, 1.82) is 0 Å². The number of hydrogen-bond acceptors (Lipinski definition) is 4. The minimum Gasteiger partial charge on any atom is -0.387 e. The van der Waals surface area contributed by atoms with Crippen molar-refractivity contribution >= 4 is 29.2 Å². The molecule has 0 aromatic rings. The van der Waals surface area contributed by atoms with Gasteiger partial charge < -0.3 is 5.73 Å². The fourth-order valence-corrected chi connectivity index (χ4v) is 4.73. The summed E-state index contributed by atoms with van der Waals surface area (Å²) in [6, 6.07) is 0. The van der Waals surface area contributed by atoms with Crippen molar-refractivity contribution in [3.05, 3.63) is 0 Å². The van der Waals surface area contributed by atoms with Crippen molar-refractivity contribution in [2.45, 2.75) is 77.9 Å². The van der Waals surface area contributed by atoms with Gasteiger partial charge in [-0.25, -0.2) is 0 Å². The van der Waals surface area contributed by atoms with Crippen LogP contribution in [0.15, 0.2) is 4.99 Å². The summed E-state index contributed by atoms with van der Waals surface area (Å²) < 4.78 is 0. The molecule has 1 atom stereocenters. The molecule has 25 heavy (non-hydrogen) atoms. The molecule has 0 saturated heterocycles. The maximum Gasteiger partial charge on any atom is 0.153 e. The average Bonchev–Trinajstić information content (AvgIpc) is 2.84. The molecule has 0 bridgehead atoms. The summed E-state index contributed by atoms with van der Waals surface area (Å²) in [7, 11) is 0. The number of nitrogens with two attached hydrogens (primary N) is 1. The second kappa shape index (κ2) is 11.7. The highest BCUT2D eigenvalue weighted by Crippen LogP contribution is 2.26. The number of rotatable bonds is 12. The van der Waals surface area contributed by atoms with Gasteiger partial charge in [0.25, 0.3) is 0 Å². The molecule has 0 spiro atoms. The lowest BCUT2D eigenvalue weighted by molar-refractivity contribution is -0.121. The van der Waals surface area contributed by atoms with E-state index < -0.39 is 0 Å². The summed E-state index contributed by atoms with van der Waals surface area (Å²) in [5, 5.41) is -0.111. The van der Waals surface area contributed by atoms with Gasteiger partial charge in [-0.3, -0.25) is 14.6 Å². The van der Waals surface area contributed by atoms with E-state index in [9.17, 15) is 9.59 Å². The minimum absolute atomic E-state index is 0.0840. The van der Waals surface area contributed by atoms with E-state index >= 15 is 0 Å². The van der Waals surface area contributed by atoms with E-state index in [1.54, 1.807) is 11.8 Å². The number of aliphatic imine (C=N–C) groups is 1. The van der Waals surface area contributed by atoms with Crippen molar-refractivity contribution in [3.8, 4) is 0 Å². The Balaban J connectivity index is 2.09. The van der Waals surface area contributed by atoms with Crippen molar-refractivity contribution < 1.29 is 9.59 Å². The largest absolute Gasteiger partial charge is 0.387 e. The lowest BCUT2D eigenvalue weighted by atomic mass is 9.82. The Labute approximate surface area is 157 Å². The maximum atomic E-state index is 11.6. The Morgan fingerprint density at radius 1 is 1.16 bits per heavy atom. The monoisotopic (exact) mass is 368 g/mol. The summed E-state index contributed by atoms with van der Waals surface area (Å²) in [6.07, 6.45) is 5.84. The van der Waals surface area contributed by atoms with Crippen molar-refractivity contribution in [2.75, 3.05) is 12.3 Å². The van der Waals surface area contributed by atoms with E-state index in [4.69, 9.17) is 5.73 Å². The zero-order valence-electron chi connectivity index (χ0n) is 16.4. The molecule has 1 rings (SSSR count). The van der Waals surface area contributed by atoms with E-state index in [0.29, 0.717) is 6.42 Å². The fraction of sp³-hybridized carbons (Fsp3) is 0.850. The van der Waals surface area contributed by atoms with Gasteiger partial charge in [0.1, 0.15) is 5.78 Å². The highest BCUT2D eigenvalue weighted by Gasteiger charge is 2.30. The zero-order valence-corrected chi connectivity index (χ0v) is 17.2. The molecule has 1 unspecified atom stereocenters. The molecule has 0 amide bonds. The van der Waals surface area contributed by atoms with Crippen LogP contribution in [-0.4, -0.2) is 34.9 Å². The van der Waals surface area contributed by atoms with Gasteiger partial charge in [-0.15, -0.1) is 0 Å². The third kappa shape index (κ3) is 8.89. The molecule has 0 aromatic heterocycles. The SMILES string of the molecule is CC(C)C(CCCCN=C(N)CCCSC1CC(=O)CC1=O)C(C)C. The van der Waals surface area contributed by atoms with Crippen molar-refractivity contribution in [1.82, 2.24) is 0 Å². The lowest BCUT2D eigenvalue weighted by Crippen LogP contribution is -2.16. The lowest BCUT2D eigenvalue weighted by Gasteiger charge is -2.24. The first-order valence-electron chi connectivity index (χ1n) is 9.76. The van der Waals surface area contributed by atoms with Crippen LogP contribution < -0.4 is 5.73 Å². The minimum atomic E-state index is -0.111. The highest BCUT2D eigenvalue weighted by atomic mass is 32.2. The standard InChI is InChI=1S/C20H36N2O2S/c1-14(2)17(15(3)4)8-5-6-10-22-20(21)9-7-11-25-19-13-16(23)12-18(19)24/h14-15,17,19H,5-13H2,1-4H3,(H2,21,22). The van der Waals surface area contributed by atoms with Crippen LogP contribution in [0.1, 0.15) is 72.6 Å². The summed E-state index contributed by atoms with van der Waals surface area (Å²) in [5.41, 5.74) is 5.98. The van der Waals surface area contributed by atoms with Gasteiger partial charge in [0.05, 0.1) is 17.5 Å². The van der Waals surface area contributed by atoms with Crippen LogP contribution in [0, 0.1) is 17.8 Å². The predicted octanol–water partition coefficient (Wildman–Crippen LogP) is 4.26. The van der Waals surface area contributed by atoms with Gasteiger partial charge >= 0.3 is 0 Å². The molecule has 144 valence electrons. The van der Waals surface area contributed by atoms with Crippen LogP contribution in [0.4, 0.5) is 0 Å². The Morgan fingerprint density at radius 3 is 2.40 bits per heavy atom. The summed E-state index contributed by atoms with van der Waals surface area (Å²) in [6.45, 7) is 10.1. The third-order valence-electron chi connectivity index (χ3n) is 5.01. The van der Waals surface area contributed by atoms with E-state index in [-0.39, 0.29) is 23.2 Å². The molecule has 1 aliphatic rings. The number of Topliss-reactive ketones (excluding diaryl/α,β-unsaturated/α-hetero) is 2. The van der Waals surface area contributed by atoms with Crippen LogP contribution in [0.25, 0.3) is 0 Å². The van der Waals surface area contributed by atoms with Gasteiger partial charge in [-0.05, 0) is 42.8 Å². The number of unbranched alkanes of at least 4 members (excludes halogenated alkanes) is 1. The number of thioether (sulfide) groups is 1. The first kappa shape index (κ1) is 22.2. The second-order valence-corrected chi connectivity index (χ2v) is 9.18. The quantitative estimate of drug-likeness (QED) is 0.242. The number of carbonyl (C=O) groups is 2. The van der Waals surface area contributed by atoms with Gasteiger partial charge in [-0.1, -0.05) is 34.1 Å². The van der Waals surface area contributed by atoms with E-state index in [2.05, 4.69) is 32.7 Å². The molecule has 0 aromatic carbocycles. The van der Waals surface area contributed by atoms with Crippen molar-refractivity contribution in [2.24, 2.45) is 28.5 Å². The second-order valence-electron chi connectivity index (χ2n) is 7.87. The molecule has 0 heterocycles. The molecule has 1 saturated carbocycles. The maximum absolute atomic E-state index is 11.6. The predicted molar refractivity (Wildman–Crippen MR) is 108 cm³/mol. The van der Waals surface area contributed by atoms with Gasteiger partial charge in [0.2, 0.25) is 0 Å². The topological polar surface area (TPSA) is 72.5 Å². The number of hydrogen-bond donors (Lipinski definition) is 1. The number of nitrogens with zero attached hydrogens (tertiary/aromatic N) is 1. The fourth-order valence-electron chi connectivity index (χ4n) is 3.56. The van der Waals surface area contributed by atoms with Crippen LogP contribution in [-0.2, 0) is 9.59 Å². The molecule has 0 radical (unpaired) electrons. The van der Waals surface area contributed by atoms with Crippen molar-refractivity contribution in [3.63, 3.8) is 0 Å². The Morgan fingerprint density at radius 2 is 1.84 bits per heavy atom. The Hall–Kier alpha value is -0.840. The number of carbonyl (C=O) groups excluding carboxylic acids is 2. The van der Waals surface area contributed by atoms with Gasteiger partial charge in [-0.2, -0.15) is 11.8 Å². The first-order valence-corrected chi connectivity index (χ1v) is 10.8. The average molecular weight is 369 g/mol. The zero-order chi connectivity index (χ0) is 18.8. The summed E-state index contributed by atoms with van der Waals surface area (Å²) in [5.74, 6) is 4.05. The van der Waals surface area contributed by atoms with Gasteiger partial charge in [0.15, 0.2) is 5.78 Å². The van der Waals surface area contributed by atoms with E-state index in [1.165, 1.54) is 12.8 Å². The molecular formula is C20H36N2O2S. The van der Waals surface area contributed by atoms with Gasteiger partial charge in [0, 0.05) is 19.4 Å². The normalized spacial score (nSPS) is 19.0. The van der Waals surface area contributed by atoms with Crippen LogP contribution in [0.5, 0.6) is 0 Å². The first-order chi connectivity index (χ1) is 11.8. The third-order valence-corrected chi connectivity index (χ3v) is 6.37. The number of amidine groups is 1. The molecule has 5 heteroatoms. The molecule has 4 nitrogen and oxygen atoms in total. The molecule has 2 N–H and O–H groups in total. The summed E-state index contributed by atoms with van der Waals surface area (Å²) in [4.78, 5) is 27.2. The number of ketones is 2. The van der Waals surface area contributed by atoms with Crippen LogP contribution in [0.3, 0.4) is 0 Å². The highest BCUT2D eigenvalue weighted by molar-refractivity contribution is 8.00. The molecule has 0 aliphatic heterocycles. The summed E-state index contributed by atoms with van der Waals surface area (Å²) >= 11 is 1.60. The smallest absolute Gasteiger partial charge is 0.153 e. The molecule has 1 fully saturated rings. The molecule has 1 aliphatic carbocycles. The Kier molecular flexibility index (Phi) is 10.4. The molecular weight excluding hydrogens is 332 g/mol. The van der Waals surface area contributed by atoms with E-state index in [0.717, 1.165) is 55.1 Å². The van der Waals surface area contributed by atoms with E-state index in [1.807, 2.05) is 0 Å². The van der Waals surface area contributed by atoms with Crippen LogP contribution in [0.2, 0.25) is 0 Å². The van der Waals surface area contributed by atoms with Crippen LogP contribution >= 0.6 is 11.8 Å². The Bertz CT molecular complexity index is 453.